The van der Waals surface area contributed by atoms with E-state index in [9.17, 15) is 4.79 Å². The highest BCUT2D eigenvalue weighted by molar-refractivity contribution is 7.15. The van der Waals surface area contributed by atoms with Gasteiger partial charge in [-0.1, -0.05) is 26.7 Å². The Kier molecular flexibility index (Phi) is 4.58. The van der Waals surface area contributed by atoms with Gasteiger partial charge in [0, 0.05) is 17.9 Å². The Morgan fingerprint density at radius 2 is 2.22 bits per heavy atom. The first kappa shape index (κ1) is 16.3. The number of carbonyl (C=O) groups excluding carboxylic acids is 1. The molecule has 0 aliphatic heterocycles. The van der Waals surface area contributed by atoms with Crippen LogP contribution in [0.4, 0.5) is 5.00 Å². The van der Waals surface area contributed by atoms with Crippen LogP contribution in [0.3, 0.4) is 0 Å². The smallest absolute Gasteiger partial charge is 0.228 e. The van der Waals surface area contributed by atoms with E-state index < -0.39 is 0 Å². The maximum atomic E-state index is 12.2. The molecule has 1 amide bonds. The summed E-state index contributed by atoms with van der Waals surface area (Å²) in [5.74, 6) is 0.566. The van der Waals surface area contributed by atoms with Crippen LogP contribution in [-0.4, -0.2) is 16.9 Å². The molecule has 3 rings (SSSR count). The minimum absolute atomic E-state index is 0.0116. The van der Waals surface area contributed by atoms with Gasteiger partial charge < -0.3 is 10.6 Å². The van der Waals surface area contributed by atoms with Crippen molar-refractivity contribution in [3.63, 3.8) is 0 Å². The lowest BCUT2D eigenvalue weighted by Crippen LogP contribution is -2.44. The summed E-state index contributed by atoms with van der Waals surface area (Å²) in [6.07, 6.45) is 10.2. The third kappa shape index (κ3) is 3.50. The molecule has 23 heavy (non-hydrogen) atoms. The third-order valence-electron chi connectivity index (χ3n) is 5.35. The molecule has 1 heterocycles. The van der Waals surface area contributed by atoms with Crippen molar-refractivity contribution < 1.29 is 4.79 Å². The number of thiazole rings is 1. The first-order chi connectivity index (χ1) is 11.0. The minimum atomic E-state index is 0.0116. The Morgan fingerprint density at radius 1 is 1.43 bits per heavy atom. The molecule has 0 aromatic carbocycles. The molecule has 0 saturated heterocycles. The molecule has 124 valence electrons. The molecule has 1 atom stereocenters. The van der Waals surface area contributed by atoms with Crippen molar-refractivity contribution in [3.05, 3.63) is 11.2 Å². The Bertz CT molecular complexity index is 612. The van der Waals surface area contributed by atoms with E-state index in [2.05, 4.69) is 29.5 Å². The number of hydrogen-bond donors (Lipinski definition) is 2. The van der Waals surface area contributed by atoms with E-state index >= 15 is 0 Å². The van der Waals surface area contributed by atoms with Crippen LogP contribution in [0, 0.1) is 22.8 Å². The molecule has 1 aromatic rings. The molecule has 2 N–H and O–H groups in total. The van der Waals surface area contributed by atoms with E-state index in [0.29, 0.717) is 11.3 Å². The van der Waals surface area contributed by atoms with Crippen molar-refractivity contribution in [2.45, 2.75) is 64.3 Å². The molecular weight excluding hydrogens is 308 g/mol. The van der Waals surface area contributed by atoms with Gasteiger partial charge in [-0.05, 0) is 31.1 Å². The monoisotopic (exact) mass is 332 g/mol. The summed E-state index contributed by atoms with van der Waals surface area (Å²) < 4.78 is 0. The van der Waals surface area contributed by atoms with E-state index in [-0.39, 0.29) is 17.9 Å². The van der Waals surface area contributed by atoms with Gasteiger partial charge in [0.2, 0.25) is 5.91 Å². The van der Waals surface area contributed by atoms with Crippen molar-refractivity contribution in [1.29, 1.82) is 5.26 Å². The number of amides is 1. The second kappa shape index (κ2) is 6.48. The fraction of sp³-hybridized carbons (Fsp3) is 0.706. The molecule has 0 radical (unpaired) electrons. The number of aromatic nitrogens is 1. The summed E-state index contributed by atoms with van der Waals surface area (Å²) in [7, 11) is 0. The molecule has 0 spiro atoms. The number of rotatable bonds is 4. The molecule has 2 aliphatic carbocycles. The molecule has 2 saturated carbocycles. The van der Waals surface area contributed by atoms with Crippen molar-refractivity contribution in [3.8, 4) is 6.19 Å². The molecule has 1 aromatic heterocycles. The number of carbonyl (C=O) groups is 1. The number of anilines is 1. The molecule has 5 nitrogen and oxygen atoms in total. The lowest BCUT2D eigenvalue weighted by molar-refractivity contribution is -0.122. The fourth-order valence-corrected chi connectivity index (χ4v) is 4.89. The lowest BCUT2D eigenvalue weighted by Gasteiger charge is -2.37. The summed E-state index contributed by atoms with van der Waals surface area (Å²) in [6.45, 7) is 4.65. The second-order valence-corrected chi connectivity index (χ2v) is 8.52. The predicted molar refractivity (Wildman–Crippen MR) is 91.0 cm³/mol. The van der Waals surface area contributed by atoms with Gasteiger partial charge in [-0.25, -0.2) is 4.98 Å². The minimum Gasteiger partial charge on any atom is -0.321 e. The van der Waals surface area contributed by atoms with Crippen molar-refractivity contribution in [1.82, 2.24) is 10.3 Å². The molecule has 0 unspecified atom stereocenters. The zero-order valence-electron chi connectivity index (χ0n) is 13.8. The van der Waals surface area contributed by atoms with Crippen LogP contribution in [0.15, 0.2) is 6.20 Å². The van der Waals surface area contributed by atoms with E-state index in [1.807, 2.05) is 6.19 Å². The number of nitriles is 1. The summed E-state index contributed by atoms with van der Waals surface area (Å²) in [6, 6.07) is 0.163. The van der Waals surface area contributed by atoms with Gasteiger partial charge in [0.05, 0.1) is 11.2 Å². The van der Waals surface area contributed by atoms with Crippen LogP contribution in [0.2, 0.25) is 0 Å². The quantitative estimate of drug-likeness (QED) is 0.652. The van der Waals surface area contributed by atoms with E-state index in [4.69, 9.17) is 5.26 Å². The zero-order chi connectivity index (χ0) is 16.4. The second-order valence-electron chi connectivity index (χ2n) is 7.46. The average molecular weight is 332 g/mol. The summed E-state index contributed by atoms with van der Waals surface area (Å²) >= 11 is 1.62. The van der Waals surface area contributed by atoms with Gasteiger partial charge in [-0.2, -0.15) is 5.26 Å². The molecule has 0 bridgehead atoms. The predicted octanol–water partition coefficient (Wildman–Crippen LogP) is 3.61. The number of nitrogens with zero attached hydrogens (tertiary/aromatic N) is 2. The number of nitrogens with one attached hydrogen (secondary N) is 2. The van der Waals surface area contributed by atoms with Gasteiger partial charge in [0.15, 0.2) is 6.19 Å². The van der Waals surface area contributed by atoms with Crippen LogP contribution in [0.1, 0.15) is 63.3 Å². The Balaban J connectivity index is 1.58. The molecule has 2 aliphatic rings. The summed E-state index contributed by atoms with van der Waals surface area (Å²) in [5, 5.41) is 16.3. The standard InChI is InChI=1S/C17H24N4OS/c1-17(2)6-4-3-5-13(17)16-19-9-14(23-16)21-15(22)11-7-12(8-11)20-10-18/h9,11-13,20H,3-8H2,1-2H3,(H,21,22)/t11?,12?,13-/m1/s1. The van der Waals surface area contributed by atoms with Crippen molar-refractivity contribution in [2.24, 2.45) is 11.3 Å². The average Bonchev–Trinajstić information content (AvgIpc) is 2.89. The Labute approximate surface area is 141 Å². The van der Waals surface area contributed by atoms with Gasteiger partial charge >= 0.3 is 0 Å². The van der Waals surface area contributed by atoms with Gasteiger partial charge in [0.25, 0.3) is 0 Å². The van der Waals surface area contributed by atoms with E-state index in [1.54, 1.807) is 17.5 Å². The first-order valence-corrected chi connectivity index (χ1v) is 9.22. The Morgan fingerprint density at radius 3 is 2.91 bits per heavy atom. The molecular formula is C17H24N4OS. The van der Waals surface area contributed by atoms with Gasteiger partial charge in [-0.15, -0.1) is 11.3 Å². The van der Waals surface area contributed by atoms with E-state index in [1.165, 1.54) is 25.7 Å². The maximum absolute atomic E-state index is 12.2. The highest BCUT2D eigenvalue weighted by Gasteiger charge is 2.36. The Hall–Kier alpha value is -1.61. The van der Waals surface area contributed by atoms with E-state index in [0.717, 1.165) is 22.9 Å². The summed E-state index contributed by atoms with van der Waals surface area (Å²) in [5.41, 5.74) is 0.293. The van der Waals surface area contributed by atoms with Gasteiger partial charge in [-0.3, -0.25) is 4.79 Å². The van der Waals surface area contributed by atoms with Crippen LogP contribution in [0.5, 0.6) is 0 Å². The first-order valence-electron chi connectivity index (χ1n) is 8.41. The summed E-state index contributed by atoms with van der Waals surface area (Å²) in [4.78, 5) is 16.8. The largest absolute Gasteiger partial charge is 0.321 e. The van der Waals surface area contributed by atoms with Crippen LogP contribution < -0.4 is 10.6 Å². The zero-order valence-corrected chi connectivity index (χ0v) is 14.6. The van der Waals surface area contributed by atoms with Crippen LogP contribution in [0.25, 0.3) is 0 Å². The van der Waals surface area contributed by atoms with Crippen molar-refractivity contribution >= 4 is 22.2 Å². The third-order valence-corrected chi connectivity index (χ3v) is 6.38. The molecule has 2 fully saturated rings. The molecule has 6 heteroatoms. The van der Waals surface area contributed by atoms with Crippen LogP contribution in [-0.2, 0) is 4.79 Å². The highest BCUT2D eigenvalue weighted by Crippen LogP contribution is 2.48. The highest BCUT2D eigenvalue weighted by atomic mass is 32.1. The fourth-order valence-electron chi connectivity index (χ4n) is 3.72. The maximum Gasteiger partial charge on any atom is 0.228 e. The normalized spacial score (nSPS) is 29.2. The number of hydrogen-bond acceptors (Lipinski definition) is 5. The SMILES string of the molecule is CC1(C)CCCC[C@@H]1c1ncc(NC(=O)C2CC(NC#N)C2)s1. The van der Waals surface area contributed by atoms with Crippen LogP contribution >= 0.6 is 11.3 Å². The van der Waals surface area contributed by atoms with Crippen molar-refractivity contribution in [2.75, 3.05) is 5.32 Å². The lowest BCUT2D eigenvalue weighted by atomic mass is 9.69. The van der Waals surface area contributed by atoms with Gasteiger partial charge in [0.1, 0.15) is 5.00 Å². The topological polar surface area (TPSA) is 77.8 Å².